The van der Waals surface area contributed by atoms with Gasteiger partial charge in [-0.05, 0) is 38.5 Å². The number of hydrogen-bond donors (Lipinski definition) is 2. The smallest absolute Gasteiger partial charge is 0.339 e. The molecule has 6 heteroatoms. The fraction of sp³-hybridized carbons (Fsp3) is 0.286. The van der Waals surface area contributed by atoms with E-state index in [1.54, 1.807) is 6.92 Å². The third kappa shape index (κ3) is 2.91. The molecule has 106 valence electrons. The summed E-state index contributed by atoms with van der Waals surface area (Å²) in [4.78, 5) is 24.6. The van der Waals surface area contributed by atoms with Gasteiger partial charge in [-0.2, -0.15) is 0 Å². The molecule has 2 aromatic rings. The summed E-state index contributed by atoms with van der Waals surface area (Å²) >= 11 is 1.43. The Morgan fingerprint density at radius 3 is 2.50 bits per heavy atom. The van der Waals surface area contributed by atoms with Crippen LogP contribution >= 0.6 is 11.3 Å². The van der Waals surface area contributed by atoms with Crippen molar-refractivity contribution < 1.29 is 19.1 Å². The molecule has 0 aliphatic carbocycles. The van der Waals surface area contributed by atoms with Crippen molar-refractivity contribution in [2.75, 3.05) is 0 Å². The van der Waals surface area contributed by atoms with Crippen LogP contribution in [0.3, 0.4) is 0 Å². The molecule has 0 unspecified atom stereocenters. The first-order valence-corrected chi connectivity index (χ1v) is 6.88. The Balaban J connectivity index is 2.03. The van der Waals surface area contributed by atoms with Crippen LogP contribution in [0.4, 0.5) is 0 Å². The van der Waals surface area contributed by atoms with Crippen molar-refractivity contribution in [3.8, 4) is 0 Å². The van der Waals surface area contributed by atoms with Crippen LogP contribution in [0.15, 0.2) is 16.5 Å². The van der Waals surface area contributed by atoms with Crippen LogP contribution < -0.4 is 5.32 Å². The number of furan rings is 1. The van der Waals surface area contributed by atoms with E-state index in [4.69, 9.17) is 9.52 Å². The summed E-state index contributed by atoms with van der Waals surface area (Å²) in [6.07, 6.45) is 0. The molecule has 2 rings (SSSR count). The van der Waals surface area contributed by atoms with Gasteiger partial charge in [-0.15, -0.1) is 11.3 Å². The number of thiophene rings is 1. The van der Waals surface area contributed by atoms with Crippen molar-refractivity contribution in [3.05, 3.63) is 44.5 Å². The minimum atomic E-state index is -1.03. The highest BCUT2D eigenvalue weighted by atomic mass is 32.1. The van der Waals surface area contributed by atoms with Crippen LogP contribution in [-0.4, -0.2) is 17.0 Å². The fourth-order valence-electron chi connectivity index (χ4n) is 1.78. The summed E-state index contributed by atoms with van der Waals surface area (Å²) in [5, 5.41) is 11.6. The SMILES string of the molecule is Cc1cc(C(=O)NCc2cc(C(=O)O)c(C)o2)sc1C. The monoisotopic (exact) mass is 293 g/mol. The van der Waals surface area contributed by atoms with E-state index in [9.17, 15) is 9.59 Å². The van der Waals surface area contributed by atoms with Gasteiger partial charge in [0, 0.05) is 4.88 Å². The maximum absolute atomic E-state index is 12.0. The molecular weight excluding hydrogens is 278 g/mol. The Kier molecular flexibility index (Phi) is 3.94. The van der Waals surface area contributed by atoms with Gasteiger partial charge in [-0.1, -0.05) is 0 Å². The molecule has 0 aliphatic rings. The third-order valence-corrected chi connectivity index (χ3v) is 4.16. The van der Waals surface area contributed by atoms with Crippen molar-refractivity contribution in [2.24, 2.45) is 0 Å². The van der Waals surface area contributed by atoms with E-state index in [2.05, 4.69) is 5.32 Å². The molecule has 0 fully saturated rings. The molecule has 2 N–H and O–H groups in total. The Hall–Kier alpha value is -2.08. The van der Waals surface area contributed by atoms with Gasteiger partial charge in [0.15, 0.2) is 0 Å². The number of carbonyl (C=O) groups excluding carboxylic acids is 1. The number of rotatable bonds is 4. The quantitative estimate of drug-likeness (QED) is 0.908. The van der Waals surface area contributed by atoms with Crippen LogP contribution in [0.1, 0.15) is 42.0 Å². The maximum Gasteiger partial charge on any atom is 0.339 e. The molecule has 0 atom stereocenters. The predicted octanol–water partition coefficient (Wildman–Crippen LogP) is 2.89. The van der Waals surface area contributed by atoms with E-state index >= 15 is 0 Å². The summed E-state index contributed by atoms with van der Waals surface area (Å²) in [6, 6.07) is 3.27. The molecule has 0 spiro atoms. The molecule has 1 amide bonds. The largest absolute Gasteiger partial charge is 0.478 e. The van der Waals surface area contributed by atoms with Gasteiger partial charge >= 0.3 is 5.97 Å². The van der Waals surface area contributed by atoms with Crippen LogP contribution in [-0.2, 0) is 6.54 Å². The average molecular weight is 293 g/mol. The summed E-state index contributed by atoms with van der Waals surface area (Å²) < 4.78 is 5.30. The van der Waals surface area contributed by atoms with Crippen LogP contribution in [0.5, 0.6) is 0 Å². The standard InChI is InChI=1S/C14H15NO4S/c1-7-4-12(20-9(7)3)13(16)15-6-10-5-11(14(17)18)8(2)19-10/h4-5H,6H2,1-3H3,(H,15,16)(H,17,18). The molecular formula is C14H15NO4S. The Labute approximate surface area is 120 Å². The van der Waals surface area contributed by atoms with Crippen molar-refractivity contribution in [1.82, 2.24) is 5.32 Å². The van der Waals surface area contributed by atoms with Crippen molar-refractivity contribution in [2.45, 2.75) is 27.3 Å². The molecule has 20 heavy (non-hydrogen) atoms. The molecule has 0 saturated carbocycles. The number of aromatic carboxylic acids is 1. The Bertz CT molecular complexity index is 649. The Morgan fingerprint density at radius 1 is 1.30 bits per heavy atom. The van der Waals surface area contributed by atoms with E-state index in [0.29, 0.717) is 16.4 Å². The lowest BCUT2D eigenvalue weighted by molar-refractivity contribution is 0.0694. The van der Waals surface area contributed by atoms with Crippen LogP contribution in [0.2, 0.25) is 0 Å². The minimum Gasteiger partial charge on any atom is -0.478 e. The fourth-order valence-corrected chi connectivity index (χ4v) is 2.73. The first kappa shape index (κ1) is 14.3. The molecule has 0 aromatic carbocycles. The summed E-state index contributed by atoms with van der Waals surface area (Å²) in [5.41, 5.74) is 1.21. The number of carbonyl (C=O) groups is 2. The number of hydrogen-bond acceptors (Lipinski definition) is 4. The highest BCUT2D eigenvalue weighted by Gasteiger charge is 2.15. The lowest BCUT2D eigenvalue weighted by Gasteiger charge is -2.00. The Morgan fingerprint density at radius 2 is 2.00 bits per heavy atom. The molecule has 0 saturated heterocycles. The molecule has 0 bridgehead atoms. The highest BCUT2D eigenvalue weighted by Crippen LogP contribution is 2.20. The van der Waals surface area contributed by atoms with E-state index in [0.717, 1.165) is 10.4 Å². The van der Waals surface area contributed by atoms with Crippen molar-refractivity contribution in [1.29, 1.82) is 0 Å². The number of carboxylic acids is 1. The highest BCUT2D eigenvalue weighted by molar-refractivity contribution is 7.14. The molecule has 2 heterocycles. The van der Waals surface area contributed by atoms with Gasteiger partial charge < -0.3 is 14.8 Å². The van der Waals surface area contributed by atoms with E-state index < -0.39 is 5.97 Å². The average Bonchev–Trinajstić information content (AvgIpc) is 2.91. The normalized spacial score (nSPS) is 10.6. The van der Waals surface area contributed by atoms with Crippen LogP contribution in [0.25, 0.3) is 0 Å². The number of carboxylic acid groups (broad SMARTS) is 1. The predicted molar refractivity (Wildman–Crippen MR) is 75.4 cm³/mol. The molecule has 0 radical (unpaired) electrons. The summed E-state index contributed by atoms with van der Waals surface area (Å²) in [7, 11) is 0. The zero-order valence-corrected chi connectivity index (χ0v) is 12.3. The van der Waals surface area contributed by atoms with Gasteiger partial charge in [0.1, 0.15) is 17.1 Å². The zero-order chi connectivity index (χ0) is 14.9. The first-order valence-electron chi connectivity index (χ1n) is 6.06. The van der Waals surface area contributed by atoms with Gasteiger partial charge in [0.25, 0.3) is 5.91 Å². The second-order valence-electron chi connectivity index (χ2n) is 4.52. The second kappa shape index (κ2) is 5.50. The second-order valence-corrected chi connectivity index (χ2v) is 5.78. The van der Waals surface area contributed by atoms with E-state index in [-0.39, 0.29) is 18.0 Å². The molecule has 2 aromatic heterocycles. The van der Waals surface area contributed by atoms with Gasteiger partial charge in [0.2, 0.25) is 0 Å². The van der Waals surface area contributed by atoms with Gasteiger partial charge in [0.05, 0.1) is 11.4 Å². The number of amides is 1. The molecule has 5 nitrogen and oxygen atoms in total. The van der Waals surface area contributed by atoms with E-state index in [1.807, 2.05) is 19.9 Å². The third-order valence-electron chi connectivity index (χ3n) is 3.01. The summed E-state index contributed by atoms with van der Waals surface area (Å²) in [5.74, 6) is -0.451. The first-order chi connectivity index (χ1) is 9.38. The molecule has 0 aliphatic heterocycles. The number of nitrogens with one attached hydrogen (secondary N) is 1. The lowest BCUT2D eigenvalue weighted by Crippen LogP contribution is -2.21. The van der Waals surface area contributed by atoms with Gasteiger partial charge in [-0.25, -0.2) is 4.79 Å². The topological polar surface area (TPSA) is 79.5 Å². The minimum absolute atomic E-state index is 0.122. The van der Waals surface area contributed by atoms with Crippen LogP contribution in [0, 0.1) is 20.8 Å². The van der Waals surface area contributed by atoms with E-state index in [1.165, 1.54) is 17.4 Å². The van der Waals surface area contributed by atoms with Crippen molar-refractivity contribution in [3.63, 3.8) is 0 Å². The number of aryl methyl sites for hydroxylation is 3. The maximum atomic E-state index is 12.0. The summed E-state index contributed by atoms with van der Waals surface area (Å²) in [6.45, 7) is 5.67. The van der Waals surface area contributed by atoms with Crippen molar-refractivity contribution >= 4 is 23.2 Å². The lowest BCUT2D eigenvalue weighted by atomic mass is 10.2. The zero-order valence-electron chi connectivity index (χ0n) is 11.4. The van der Waals surface area contributed by atoms with Gasteiger partial charge in [-0.3, -0.25) is 4.79 Å².